The molecule has 5 heterocycles. The highest BCUT2D eigenvalue weighted by molar-refractivity contribution is 7.15. The van der Waals surface area contributed by atoms with Gasteiger partial charge in [-0.3, -0.25) is 0 Å². The summed E-state index contributed by atoms with van der Waals surface area (Å²) < 4.78 is 5.61. The summed E-state index contributed by atoms with van der Waals surface area (Å²) in [5.41, 5.74) is 4.49. The van der Waals surface area contributed by atoms with Gasteiger partial charge in [-0.25, -0.2) is 9.78 Å². The van der Waals surface area contributed by atoms with Gasteiger partial charge in [-0.2, -0.15) is 4.98 Å². The summed E-state index contributed by atoms with van der Waals surface area (Å²) in [6.07, 6.45) is 2.45. The van der Waals surface area contributed by atoms with Crippen molar-refractivity contribution in [2.24, 2.45) is 0 Å². The van der Waals surface area contributed by atoms with Crippen molar-refractivity contribution in [3.63, 3.8) is 0 Å². The SMILES string of the molecule is CN1CCN(c2cccc(Nc3nc(-c4cc5c(s4)CCN(C(=O)OC(C)(C)C)C5)c4cc[nH]c4n3)c2)CC1. The Kier molecular flexibility index (Phi) is 6.68. The number of aromatic nitrogens is 3. The first-order valence-electron chi connectivity index (χ1n) is 13.5. The number of rotatable bonds is 4. The lowest BCUT2D eigenvalue weighted by molar-refractivity contribution is 0.0225. The Balaban J connectivity index is 1.25. The van der Waals surface area contributed by atoms with Crippen LogP contribution in [0.25, 0.3) is 21.6 Å². The highest BCUT2D eigenvalue weighted by atomic mass is 32.1. The summed E-state index contributed by atoms with van der Waals surface area (Å²) in [4.78, 5) is 34.6. The number of ether oxygens (including phenoxy) is 1. The molecule has 2 aliphatic rings. The van der Waals surface area contributed by atoms with Crippen molar-refractivity contribution >= 4 is 45.8 Å². The minimum Gasteiger partial charge on any atom is -0.444 e. The second-order valence-corrected chi connectivity index (χ2v) is 12.4. The molecule has 4 aromatic rings. The Labute approximate surface area is 232 Å². The molecule has 0 saturated carbocycles. The van der Waals surface area contributed by atoms with Crippen molar-refractivity contribution in [2.75, 3.05) is 50.0 Å². The number of hydrogen-bond donors (Lipinski definition) is 2. The Morgan fingerprint density at radius 1 is 1.08 bits per heavy atom. The van der Waals surface area contributed by atoms with Crippen molar-refractivity contribution in [1.29, 1.82) is 0 Å². The van der Waals surface area contributed by atoms with Crippen LogP contribution in [0.2, 0.25) is 0 Å². The van der Waals surface area contributed by atoms with Gasteiger partial charge in [-0.05, 0) is 70.1 Å². The molecule has 1 amide bonds. The highest BCUT2D eigenvalue weighted by Gasteiger charge is 2.28. The number of hydrogen-bond acceptors (Lipinski definition) is 8. The molecule has 6 rings (SSSR count). The largest absolute Gasteiger partial charge is 0.444 e. The van der Waals surface area contributed by atoms with Crippen molar-refractivity contribution < 1.29 is 9.53 Å². The predicted molar refractivity (Wildman–Crippen MR) is 157 cm³/mol. The van der Waals surface area contributed by atoms with E-state index < -0.39 is 5.60 Å². The molecular weight excluding hydrogens is 510 g/mol. The van der Waals surface area contributed by atoms with Crippen molar-refractivity contribution in [3.8, 4) is 10.6 Å². The van der Waals surface area contributed by atoms with Gasteiger partial charge in [0.1, 0.15) is 11.2 Å². The smallest absolute Gasteiger partial charge is 0.410 e. The van der Waals surface area contributed by atoms with E-state index in [0.717, 1.165) is 65.5 Å². The first-order chi connectivity index (χ1) is 18.7. The lowest BCUT2D eigenvalue weighted by Gasteiger charge is -2.34. The molecule has 0 bridgehead atoms. The molecule has 1 aromatic carbocycles. The lowest BCUT2D eigenvalue weighted by Crippen LogP contribution is -2.44. The average Bonchev–Trinajstić information content (AvgIpc) is 3.54. The molecule has 2 N–H and O–H groups in total. The third-order valence-corrected chi connectivity index (χ3v) is 8.38. The summed E-state index contributed by atoms with van der Waals surface area (Å²) in [5.74, 6) is 0.553. The normalized spacial score (nSPS) is 16.4. The van der Waals surface area contributed by atoms with Crippen LogP contribution < -0.4 is 10.2 Å². The van der Waals surface area contributed by atoms with E-state index in [1.165, 1.54) is 10.6 Å². The maximum Gasteiger partial charge on any atom is 0.410 e. The topological polar surface area (TPSA) is 89.6 Å². The van der Waals surface area contributed by atoms with Crippen LogP contribution in [0.1, 0.15) is 31.2 Å². The van der Waals surface area contributed by atoms with Gasteiger partial charge in [0.2, 0.25) is 5.95 Å². The van der Waals surface area contributed by atoms with Gasteiger partial charge >= 0.3 is 6.09 Å². The Bertz CT molecular complexity index is 1500. The zero-order valence-electron chi connectivity index (χ0n) is 23.0. The summed E-state index contributed by atoms with van der Waals surface area (Å²) in [6, 6.07) is 12.7. The Hall–Kier alpha value is -3.63. The number of thiophene rings is 1. The third kappa shape index (κ3) is 5.58. The molecule has 39 heavy (non-hydrogen) atoms. The molecule has 0 radical (unpaired) electrons. The summed E-state index contributed by atoms with van der Waals surface area (Å²) in [7, 11) is 2.17. The van der Waals surface area contributed by atoms with Crippen LogP contribution in [0, 0.1) is 0 Å². The highest BCUT2D eigenvalue weighted by Crippen LogP contribution is 2.37. The average molecular weight is 546 g/mol. The number of carbonyl (C=O) groups excluding carboxylic acids is 1. The number of H-pyrrole nitrogens is 1. The Morgan fingerprint density at radius 3 is 2.69 bits per heavy atom. The second kappa shape index (κ2) is 10.2. The molecule has 1 saturated heterocycles. The fraction of sp³-hybridized carbons (Fsp3) is 0.414. The van der Waals surface area contributed by atoms with Gasteiger partial charge in [0.05, 0.1) is 17.1 Å². The second-order valence-electron chi connectivity index (χ2n) is 11.3. The van der Waals surface area contributed by atoms with Crippen LogP contribution in [0.3, 0.4) is 0 Å². The minimum atomic E-state index is -0.509. The maximum atomic E-state index is 12.7. The van der Waals surface area contributed by atoms with E-state index in [9.17, 15) is 4.79 Å². The quantitative estimate of drug-likeness (QED) is 0.351. The molecule has 2 aliphatic heterocycles. The summed E-state index contributed by atoms with van der Waals surface area (Å²) >= 11 is 1.75. The number of carbonyl (C=O) groups is 1. The molecular formula is C29H35N7O2S. The van der Waals surface area contributed by atoms with E-state index in [1.807, 2.05) is 33.0 Å². The van der Waals surface area contributed by atoms with Gasteiger partial charge in [0, 0.05) is 60.6 Å². The molecule has 204 valence electrons. The van der Waals surface area contributed by atoms with E-state index in [0.29, 0.717) is 19.0 Å². The van der Waals surface area contributed by atoms with Crippen molar-refractivity contribution in [1.82, 2.24) is 24.8 Å². The summed E-state index contributed by atoms with van der Waals surface area (Å²) in [6.45, 7) is 11.1. The van der Waals surface area contributed by atoms with Gasteiger partial charge in [0.25, 0.3) is 0 Å². The van der Waals surface area contributed by atoms with E-state index in [-0.39, 0.29) is 6.09 Å². The molecule has 0 atom stereocenters. The fourth-order valence-corrected chi connectivity index (χ4v) is 6.26. The number of nitrogens with one attached hydrogen (secondary N) is 2. The molecule has 10 heteroatoms. The lowest BCUT2D eigenvalue weighted by atomic mass is 10.1. The molecule has 9 nitrogen and oxygen atoms in total. The van der Waals surface area contributed by atoms with Crippen molar-refractivity contribution in [2.45, 2.75) is 39.3 Å². The molecule has 0 aliphatic carbocycles. The number of fused-ring (bicyclic) bond motifs is 2. The van der Waals surface area contributed by atoms with Crippen LogP contribution in [0.15, 0.2) is 42.6 Å². The van der Waals surface area contributed by atoms with Gasteiger partial charge in [0.15, 0.2) is 0 Å². The summed E-state index contributed by atoms with van der Waals surface area (Å²) in [5, 5.41) is 4.43. The zero-order valence-corrected chi connectivity index (χ0v) is 23.8. The van der Waals surface area contributed by atoms with Crippen LogP contribution >= 0.6 is 11.3 Å². The third-order valence-electron chi connectivity index (χ3n) is 7.14. The predicted octanol–water partition coefficient (Wildman–Crippen LogP) is 5.48. The number of piperazine rings is 1. The van der Waals surface area contributed by atoms with Gasteiger partial charge in [-0.15, -0.1) is 11.3 Å². The van der Waals surface area contributed by atoms with E-state index >= 15 is 0 Å². The molecule has 1 fully saturated rings. The maximum absolute atomic E-state index is 12.7. The first kappa shape index (κ1) is 25.6. The van der Waals surface area contributed by atoms with Crippen LogP contribution in [-0.4, -0.2) is 76.2 Å². The van der Waals surface area contributed by atoms with Crippen LogP contribution in [0.5, 0.6) is 0 Å². The monoisotopic (exact) mass is 545 g/mol. The van der Waals surface area contributed by atoms with Gasteiger partial charge in [-0.1, -0.05) is 6.07 Å². The van der Waals surface area contributed by atoms with Crippen molar-refractivity contribution in [3.05, 3.63) is 53.0 Å². The van der Waals surface area contributed by atoms with Crippen LogP contribution in [0.4, 0.5) is 22.1 Å². The van der Waals surface area contributed by atoms with Gasteiger partial charge < -0.3 is 29.7 Å². The van der Waals surface area contributed by atoms with E-state index in [2.05, 4.69) is 57.5 Å². The molecule has 3 aromatic heterocycles. The van der Waals surface area contributed by atoms with E-state index in [4.69, 9.17) is 14.7 Å². The number of nitrogens with zero attached hydrogens (tertiary/aromatic N) is 5. The first-order valence-corrected chi connectivity index (χ1v) is 14.3. The molecule has 0 unspecified atom stereocenters. The number of aromatic amines is 1. The number of amides is 1. The van der Waals surface area contributed by atoms with Crippen LogP contribution in [-0.2, 0) is 17.7 Å². The standard InChI is InChI=1S/C29H35N7O2S/c1-29(2,3)38-28(37)36-11-9-23-19(18-36)16-24(39-23)25-22-8-10-30-26(22)33-27(32-25)31-20-6-5-7-21(17-20)35-14-12-34(4)13-15-35/h5-8,10,16-17H,9,11-15,18H2,1-4H3,(H2,30,31,32,33). The molecule has 0 spiro atoms. The number of anilines is 3. The Morgan fingerprint density at radius 2 is 1.90 bits per heavy atom. The minimum absolute atomic E-state index is 0.263. The fourth-order valence-electron chi connectivity index (χ4n) is 5.09. The van der Waals surface area contributed by atoms with E-state index in [1.54, 1.807) is 16.2 Å². The zero-order chi connectivity index (χ0) is 27.1. The number of benzene rings is 1. The number of likely N-dealkylation sites (N-methyl/N-ethyl adjacent to an activating group) is 1.